The summed E-state index contributed by atoms with van der Waals surface area (Å²) in [6.07, 6.45) is 91.0. The quantitative estimate of drug-likeness (QED) is 0.0261. The van der Waals surface area contributed by atoms with E-state index in [0.29, 0.717) is 19.3 Å². The zero-order valence-corrected chi connectivity index (χ0v) is 55.0. The molecule has 0 aromatic carbocycles. The first-order valence-corrected chi connectivity index (χ1v) is 36.3. The zero-order valence-electron chi connectivity index (χ0n) is 55.0. The summed E-state index contributed by atoms with van der Waals surface area (Å²) in [6.45, 7) is 6.59. The van der Waals surface area contributed by atoms with Gasteiger partial charge in [0, 0.05) is 19.3 Å². The molecule has 0 amide bonds. The summed E-state index contributed by atoms with van der Waals surface area (Å²) in [6, 6.07) is 0. The molecule has 1 unspecified atom stereocenters. The van der Waals surface area contributed by atoms with Crippen molar-refractivity contribution in [3.63, 3.8) is 0 Å². The Balaban J connectivity index is 4.31. The molecule has 0 aliphatic carbocycles. The smallest absolute Gasteiger partial charge is 0.306 e. The second kappa shape index (κ2) is 70.6. The van der Waals surface area contributed by atoms with Gasteiger partial charge in [-0.15, -0.1) is 0 Å². The van der Waals surface area contributed by atoms with Crippen molar-refractivity contribution in [3.05, 3.63) is 60.8 Å². The number of carbonyl (C=O) groups is 3. The number of allylic oxidation sites excluding steroid dienone is 10. The van der Waals surface area contributed by atoms with Crippen molar-refractivity contribution in [2.75, 3.05) is 13.2 Å². The summed E-state index contributed by atoms with van der Waals surface area (Å²) < 4.78 is 17.0. The summed E-state index contributed by atoms with van der Waals surface area (Å²) in [5, 5.41) is 0. The molecule has 0 aromatic rings. The van der Waals surface area contributed by atoms with Gasteiger partial charge in [-0.1, -0.05) is 345 Å². The van der Waals surface area contributed by atoms with Crippen LogP contribution in [-0.4, -0.2) is 37.2 Å². The van der Waals surface area contributed by atoms with E-state index in [0.717, 1.165) is 83.5 Å². The maximum Gasteiger partial charge on any atom is 0.306 e. The van der Waals surface area contributed by atoms with Crippen molar-refractivity contribution in [2.45, 2.75) is 393 Å². The molecule has 0 spiro atoms. The number of carbonyl (C=O) groups excluding carboxylic acids is 3. The van der Waals surface area contributed by atoms with E-state index in [-0.39, 0.29) is 31.1 Å². The highest BCUT2D eigenvalue weighted by Gasteiger charge is 2.19. The molecule has 6 nitrogen and oxygen atoms in total. The highest BCUT2D eigenvalue weighted by Crippen LogP contribution is 2.18. The van der Waals surface area contributed by atoms with Crippen molar-refractivity contribution in [3.8, 4) is 0 Å². The normalized spacial score (nSPS) is 12.4. The van der Waals surface area contributed by atoms with Gasteiger partial charge in [-0.25, -0.2) is 0 Å². The van der Waals surface area contributed by atoms with Crippen LogP contribution in [0.1, 0.15) is 387 Å². The van der Waals surface area contributed by atoms with Crippen LogP contribution >= 0.6 is 0 Å². The highest BCUT2D eigenvalue weighted by molar-refractivity contribution is 5.71. The minimum Gasteiger partial charge on any atom is -0.462 e. The molecule has 0 radical (unpaired) electrons. The van der Waals surface area contributed by atoms with Gasteiger partial charge in [0.1, 0.15) is 13.2 Å². The first-order chi connectivity index (χ1) is 40.5. The number of unbranched alkanes of at least 4 members (excludes halogenated alkanes) is 46. The van der Waals surface area contributed by atoms with E-state index in [2.05, 4.69) is 81.5 Å². The fourth-order valence-corrected chi connectivity index (χ4v) is 10.8. The van der Waals surface area contributed by atoms with Crippen LogP contribution in [0.25, 0.3) is 0 Å². The maximum atomic E-state index is 13.0. The van der Waals surface area contributed by atoms with Crippen LogP contribution in [0.5, 0.6) is 0 Å². The van der Waals surface area contributed by atoms with Gasteiger partial charge in [-0.05, 0) is 83.5 Å². The molecular weight excluding hydrogens is 1010 g/mol. The van der Waals surface area contributed by atoms with Crippen molar-refractivity contribution in [1.82, 2.24) is 0 Å². The minimum atomic E-state index is -0.776. The second-order valence-electron chi connectivity index (χ2n) is 24.5. The Morgan fingerprint density at radius 2 is 0.476 bits per heavy atom. The molecule has 0 aliphatic rings. The molecule has 0 heterocycles. The Kier molecular flexibility index (Phi) is 68.1. The molecule has 0 rings (SSSR count). The monoisotopic (exact) mass is 1150 g/mol. The van der Waals surface area contributed by atoms with Gasteiger partial charge in [-0.3, -0.25) is 14.4 Å². The SMILES string of the molecule is CC/C=C\C/C=C\C/C=C\C/C=C\CCCCCCCCCCCCCCC(=O)OCC(COC(=O)CCCCCCCCC/C=C\CCCCCCCC)OC(=O)CCCCCCCCCCCCCCCCCCCCCCCC. The number of hydrogen-bond donors (Lipinski definition) is 0. The van der Waals surface area contributed by atoms with Gasteiger partial charge >= 0.3 is 17.9 Å². The lowest BCUT2D eigenvalue weighted by Crippen LogP contribution is -2.30. The lowest BCUT2D eigenvalue weighted by molar-refractivity contribution is -0.167. The van der Waals surface area contributed by atoms with Crippen LogP contribution in [0.4, 0.5) is 0 Å². The molecule has 0 saturated carbocycles. The maximum absolute atomic E-state index is 13.0. The van der Waals surface area contributed by atoms with E-state index >= 15 is 0 Å². The van der Waals surface area contributed by atoms with Crippen molar-refractivity contribution >= 4 is 17.9 Å². The predicted octanol–water partition coefficient (Wildman–Crippen LogP) is 25.1. The lowest BCUT2D eigenvalue weighted by Gasteiger charge is -2.18. The average molecular weight is 1150 g/mol. The summed E-state index contributed by atoms with van der Waals surface area (Å²) in [7, 11) is 0. The van der Waals surface area contributed by atoms with Gasteiger partial charge in [0.25, 0.3) is 0 Å². The molecule has 0 aliphatic heterocycles. The van der Waals surface area contributed by atoms with E-state index in [1.807, 2.05) is 0 Å². The van der Waals surface area contributed by atoms with E-state index in [1.165, 1.54) is 263 Å². The van der Waals surface area contributed by atoms with E-state index < -0.39 is 6.10 Å². The molecule has 0 saturated heterocycles. The summed E-state index contributed by atoms with van der Waals surface area (Å²) in [5.41, 5.74) is 0. The van der Waals surface area contributed by atoms with Crippen LogP contribution in [0.3, 0.4) is 0 Å². The van der Waals surface area contributed by atoms with Crippen LogP contribution in [0.2, 0.25) is 0 Å². The van der Waals surface area contributed by atoms with Crippen molar-refractivity contribution in [1.29, 1.82) is 0 Å². The third-order valence-electron chi connectivity index (χ3n) is 16.3. The minimum absolute atomic E-state index is 0.0720. The van der Waals surface area contributed by atoms with Crippen LogP contribution in [0, 0.1) is 0 Å². The lowest BCUT2D eigenvalue weighted by atomic mass is 10.0. The Morgan fingerprint density at radius 1 is 0.256 bits per heavy atom. The fraction of sp³-hybridized carbons (Fsp3) is 0.829. The Bertz CT molecular complexity index is 1460. The Morgan fingerprint density at radius 3 is 0.756 bits per heavy atom. The largest absolute Gasteiger partial charge is 0.462 e. The van der Waals surface area contributed by atoms with Gasteiger partial charge in [0.05, 0.1) is 0 Å². The van der Waals surface area contributed by atoms with Crippen LogP contribution in [-0.2, 0) is 28.6 Å². The van der Waals surface area contributed by atoms with Crippen LogP contribution < -0.4 is 0 Å². The van der Waals surface area contributed by atoms with Gasteiger partial charge < -0.3 is 14.2 Å². The molecule has 0 fully saturated rings. The third-order valence-corrected chi connectivity index (χ3v) is 16.3. The van der Waals surface area contributed by atoms with Crippen LogP contribution in [0.15, 0.2) is 60.8 Å². The first kappa shape index (κ1) is 79.1. The van der Waals surface area contributed by atoms with E-state index in [1.54, 1.807) is 0 Å². The Hall–Kier alpha value is -2.89. The second-order valence-corrected chi connectivity index (χ2v) is 24.5. The predicted molar refractivity (Wildman–Crippen MR) is 358 cm³/mol. The molecule has 0 bridgehead atoms. The van der Waals surface area contributed by atoms with Crippen molar-refractivity contribution in [2.24, 2.45) is 0 Å². The number of rotatable bonds is 67. The fourth-order valence-electron chi connectivity index (χ4n) is 10.8. The van der Waals surface area contributed by atoms with Crippen molar-refractivity contribution < 1.29 is 28.6 Å². The summed E-state index contributed by atoms with van der Waals surface area (Å²) in [5.74, 6) is -0.850. The standard InChI is InChI=1S/C76H138O6/c1-4-7-10-13-16-19-22-25-28-31-33-35-37-38-39-41-42-45-48-51-54-57-60-63-66-69-75(78)81-72-73(71-80-74(77)68-65-62-59-56-53-50-47-44-30-27-24-21-18-15-12-9-6-3)82-76(79)70-67-64-61-58-55-52-49-46-43-40-36-34-32-29-26-23-20-17-14-11-8-5-2/h7,10,16,19,25,27-28,30,33,35,73H,4-6,8-9,11-15,17-18,20-24,26,29,31-32,34,36-72H2,1-3H3/b10-7-,19-16-,28-25-,30-27-,35-33-. The molecule has 1 atom stereocenters. The number of hydrogen-bond acceptors (Lipinski definition) is 6. The average Bonchev–Trinajstić information content (AvgIpc) is 3.47. The zero-order chi connectivity index (χ0) is 59.2. The van der Waals surface area contributed by atoms with Gasteiger partial charge in [-0.2, -0.15) is 0 Å². The molecule has 0 N–H and O–H groups in total. The summed E-state index contributed by atoms with van der Waals surface area (Å²) >= 11 is 0. The topological polar surface area (TPSA) is 78.9 Å². The van der Waals surface area contributed by atoms with Gasteiger partial charge in [0.15, 0.2) is 6.10 Å². The molecule has 478 valence electrons. The van der Waals surface area contributed by atoms with E-state index in [9.17, 15) is 14.4 Å². The highest BCUT2D eigenvalue weighted by atomic mass is 16.6. The summed E-state index contributed by atoms with van der Waals surface area (Å²) in [4.78, 5) is 38.5. The molecular formula is C76H138O6. The molecule has 82 heavy (non-hydrogen) atoms. The third kappa shape index (κ3) is 67.9. The molecule has 6 heteroatoms. The Labute approximate surface area is 510 Å². The molecule has 0 aromatic heterocycles. The van der Waals surface area contributed by atoms with Gasteiger partial charge in [0.2, 0.25) is 0 Å². The first-order valence-electron chi connectivity index (χ1n) is 36.3. The van der Waals surface area contributed by atoms with E-state index in [4.69, 9.17) is 14.2 Å². The number of esters is 3. The number of ether oxygens (including phenoxy) is 3.